The summed E-state index contributed by atoms with van der Waals surface area (Å²) in [6, 6.07) is 2.09. The van der Waals surface area contributed by atoms with E-state index in [1.165, 1.54) is 6.20 Å². The molecule has 0 spiro atoms. The smallest absolute Gasteiger partial charge is 0.257 e. The fraction of sp³-hybridized carbons (Fsp3) is 0.500. The van der Waals surface area contributed by atoms with Crippen molar-refractivity contribution in [2.75, 3.05) is 38.0 Å². The molecule has 0 radical (unpaired) electrons. The molecule has 0 bridgehead atoms. The summed E-state index contributed by atoms with van der Waals surface area (Å²) in [5, 5.41) is 24.7. The largest absolute Gasteiger partial charge is 0.381 e. The Bertz CT molecular complexity index is 1150. The molecule has 6 rings (SSSR count). The standard InChI is InChI=1S/C22H27N7O4/c1-23-18-7-17(25-14-4-3-5-28(22(14)31)19-12-9-33-10-13(12)19)27-20-11(8-24-29(18)20)21(30)26-15-6-16(15)32-2/h3-5,7-8,12-13,15-16,19,22-23,31H,6,9-10H2,1-2H3,(H,25,27)(H,26,30)/t12-,13+,15-,16-,19+,22?/m1/s1. The van der Waals surface area contributed by atoms with Crippen molar-refractivity contribution in [3.8, 4) is 0 Å². The number of ether oxygens (including phenoxy) is 2. The van der Waals surface area contributed by atoms with Crippen molar-refractivity contribution in [1.29, 1.82) is 0 Å². The van der Waals surface area contributed by atoms with Gasteiger partial charge in [0, 0.05) is 44.3 Å². The number of anilines is 2. The molecule has 0 aromatic carbocycles. The zero-order chi connectivity index (χ0) is 22.7. The number of nitrogens with zero attached hydrogens (tertiary/aromatic N) is 4. The van der Waals surface area contributed by atoms with Crippen molar-refractivity contribution in [2.24, 2.45) is 11.8 Å². The molecule has 4 N–H and O–H groups in total. The number of fused-ring (bicyclic) bond motifs is 2. The van der Waals surface area contributed by atoms with Crippen molar-refractivity contribution in [1.82, 2.24) is 24.8 Å². The van der Waals surface area contributed by atoms with Gasteiger partial charge < -0.3 is 35.4 Å². The molecule has 1 amide bonds. The number of hydrogen-bond acceptors (Lipinski definition) is 9. The van der Waals surface area contributed by atoms with Crippen molar-refractivity contribution in [3.63, 3.8) is 0 Å². The van der Waals surface area contributed by atoms with E-state index in [9.17, 15) is 9.90 Å². The quantitative estimate of drug-likeness (QED) is 0.471. The summed E-state index contributed by atoms with van der Waals surface area (Å²) in [5.74, 6) is 1.88. The number of aliphatic hydroxyl groups is 1. The highest BCUT2D eigenvalue weighted by molar-refractivity contribution is 6.00. The highest BCUT2D eigenvalue weighted by Gasteiger charge is 2.58. The Morgan fingerprint density at radius 2 is 2.15 bits per heavy atom. The van der Waals surface area contributed by atoms with E-state index in [-0.39, 0.29) is 18.1 Å². The Kier molecular flexibility index (Phi) is 4.78. The van der Waals surface area contributed by atoms with Crippen molar-refractivity contribution in [3.05, 3.63) is 41.9 Å². The van der Waals surface area contributed by atoms with Crippen LogP contribution in [-0.4, -0.2) is 82.3 Å². The maximum atomic E-state index is 12.8. The third-order valence-corrected chi connectivity index (χ3v) is 6.94. The number of hydrogen-bond donors (Lipinski definition) is 4. The van der Waals surface area contributed by atoms with Gasteiger partial charge in [0.15, 0.2) is 11.9 Å². The van der Waals surface area contributed by atoms with Gasteiger partial charge in [0.2, 0.25) is 0 Å². The van der Waals surface area contributed by atoms with Gasteiger partial charge in [-0.05, 0) is 18.6 Å². The van der Waals surface area contributed by atoms with Crippen LogP contribution in [0.2, 0.25) is 0 Å². The van der Waals surface area contributed by atoms with E-state index < -0.39 is 6.23 Å². The van der Waals surface area contributed by atoms with Gasteiger partial charge in [0.25, 0.3) is 5.91 Å². The van der Waals surface area contributed by atoms with Crippen molar-refractivity contribution < 1.29 is 19.4 Å². The van der Waals surface area contributed by atoms with Crippen LogP contribution in [0.5, 0.6) is 0 Å². The van der Waals surface area contributed by atoms with Gasteiger partial charge in [-0.1, -0.05) is 0 Å². The number of methoxy groups -OCH3 is 1. The first-order chi connectivity index (χ1) is 16.1. The van der Waals surface area contributed by atoms with Gasteiger partial charge in [-0.25, -0.2) is 4.98 Å². The Morgan fingerprint density at radius 1 is 1.33 bits per heavy atom. The molecule has 33 heavy (non-hydrogen) atoms. The minimum atomic E-state index is -0.810. The van der Waals surface area contributed by atoms with Crippen LogP contribution < -0.4 is 16.0 Å². The topological polar surface area (TPSA) is 125 Å². The lowest BCUT2D eigenvalue weighted by atomic mass is 10.2. The van der Waals surface area contributed by atoms with Crippen LogP contribution in [0, 0.1) is 11.8 Å². The molecule has 4 heterocycles. The fourth-order valence-electron chi connectivity index (χ4n) is 4.94. The number of carbonyl (C=O) groups is 1. The zero-order valence-corrected chi connectivity index (χ0v) is 18.4. The molecule has 1 saturated heterocycles. The van der Waals surface area contributed by atoms with Crippen molar-refractivity contribution in [2.45, 2.75) is 30.8 Å². The molecule has 174 valence electrons. The molecule has 2 aromatic rings. The number of allylic oxidation sites excluding steroid dienone is 2. The second-order valence-electron chi connectivity index (χ2n) is 8.93. The van der Waals surface area contributed by atoms with E-state index in [1.54, 1.807) is 24.7 Å². The van der Waals surface area contributed by atoms with E-state index in [1.807, 2.05) is 23.3 Å². The molecule has 2 aliphatic heterocycles. The number of aliphatic hydroxyl groups excluding tert-OH is 1. The van der Waals surface area contributed by atoms with Crippen LogP contribution in [0.1, 0.15) is 16.8 Å². The molecule has 2 aliphatic carbocycles. The highest BCUT2D eigenvalue weighted by atomic mass is 16.5. The third kappa shape index (κ3) is 3.43. The average molecular weight is 454 g/mol. The number of amides is 1. The Balaban J connectivity index is 1.24. The Morgan fingerprint density at radius 3 is 2.88 bits per heavy atom. The summed E-state index contributed by atoms with van der Waals surface area (Å²) in [6.07, 6.45) is 7.24. The Labute approximate surface area is 190 Å². The lowest BCUT2D eigenvalue weighted by Crippen LogP contribution is -2.40. The third-order valence-electron chi connectivity index (χ3n) is 6.94. The SMILES string of the molecule is CNc1cc(NC2=CC=CN([C@H]3[C@@H]4COC[C@@H]43)C2O)nc2c(C(=O)N[C@@H]3C[C@H]3OC)cnn12. The van der Waals surface area contributed by atoms with Gasteiger partial charge in [-0.2, -0.15) is 9.61 Å². The summed E-state index contributed by atoms with van der Waals surface area (Å²) in [5.41, 5.74) is 1.42. The second-order valence-corrected chi connectivity index (χ2v) is 8.93. The molecule has 11 heteroatoms. The lowest BCUT2D eigenvalue weighted by molar-refractivity contribution is 0.0388. The van der Waals surface area contributed by atoms with Crippen molar-refractivity contribution >= 4 is 23.2 Å². The number of rotatable bonds is 7. The van der Waals surface area contributed by atoms with Gasteiger partial charge in [0.05, 0.1) is 37.3 Å². The van der Waals surface area contributed by atoms with Crippen LogP contribution in [0.25, 0.3) is 5.65 Å². The summed E-state index contributed by atoms with van der Waals surface area (Å²) in [6.45, 7) is 1.50. The average Bonchev–Trinajstić information content (AvgIpc) is 3.58. The number of nitrogens with one attached hydrogen (secondary N) is 3. The predicted molar refractivity (Wildman–Crippen MR) is 119 cm³/mol. The van der Waals surface area contributed by atoms with E-state index in [0.29, 0.717) is 46.4 Å². The molecule has 1 unspecified atom stereocenters. The van der Waals surface area contributed by atoms with Crippen LogP contribution in [0.15, 0.2) is 36.3 Å². The summed E-state index contributed by atoms with van der Waals surface area (Å²) in [4.78, 5) is 19.5. The molecule has 4 aliphatic rings. The van der Waals surface area contributed by atoms with Gasteiger partial charge >= 0.3 is 0 Å². The van der Waals surface area contributed by atoms with E-state index in [2.05, 4.69) is 26.0 Å². The predicted octanol–water partition coefficient (Wildman–Crippen LogP) is 0.376. The van der Waals surface area contributed by atoms with Crippen LogP contribution in [0.4, 0.5) is 11.6 Å². The zero-order valence-electron chi connectivity index (χ0n) is 18.4. The molecular formula is C22H27N7O4. The minimum Gasteiger partial charge on any atom is -0.381 e. The number of carbonyl (C=O) groups excluding carboxylic acids is 1. The Hall–Kier alpha value is -3.15. The normalized spacial score (nSPS) is 31.8. The van der Waals surface area contributed by atoms with E-state index in [4.69, 9.17) is 9.47 Å². The monoisotopic (exact) mass is 453 g/mol. The molecule has 3 fully saturated rings. The molecular weight excluding hydrogens is 426 g/mol. The maximum Gasteiger partial charge on any atom is 0.257 e. The number of aromatic nitrogens is 3. The van der Waals surface area contributed by atoms with Gasteiger partial charge in [-0.3, -0.25) is 4.79 Å². The lowest BCUT2D eigenvalue weighted by Gasteiger charge is -2.32. The van der Waals surface area contributed by atoms with Crippen LogP contribution in [0.3, 0.4) is 0 Å². The second kappa shape index (κ2) is 7.72. The highest BCUT2D eigenvalue weighted by Crippen LogP contribution is 2.49. The minimum absolute atomic E-state index is 0.00940. The molecule has 2 saturated carbocycles. The fourth-order valence-corrected chi connectivity index (χ4v) is 4.94. The van der Waals surface area contributed by atoms with Gasteiger partial charge in [-0.15, -0.1) is 0 Å². The van der Waals surface area contributed by atoms with Gasteiger partial charge in [0.1, 0.15) is 17.2 Å². The summed E-state index contributed by atoms with van der Waals surface area (Å²) in [7, 11) is 3.42. The van der Waals surface area contributed by atoms with Crippen LogP contribution in [-0.2, 0) is 9.47 Å². The first kappa shape index (κ1) is 20.5. The molecule has 11 nitrogen and oxygen atoms in total. The maximum absolute atomic E-state index is 12.8. The van der Waals surface area contributed by atoms with Crippen LogP contribution >= 0.6 is 0 Å². The molecule has 2 aromatic heterocycles. The summed E-state index contributed by atoms with van der Waals surface area (Å²) >= 11 is 0. The first-order valence-electron chi connectivity index (χ1n) is 11.2. The molecule has 6 atom stereocenters. The summed E-state index contributed by atoms with van der Waals surface area (Å²) < 4.78 is 12.3. The van der Waals surface area contributed by atoms with E-state index >= 15 is 0 Å². The van der Waals surface area contributed by atoms with E-state index in [0.717, 1.165) is 19.6 Å². The first-order valence-corrected chi connectivity index (χ1v) is 11.2.